The van der Waals surface area contributed by atoms with Crippen molar-refractivity contribution in [2.75, 3.05) is 6.61 Å². The van der Waals surface area contributed by atoms with Crippen LogP contribution in [0.4, 0.5) is 13.6 Å². The van der Waals surface area contributed by atoms with Gasteiger partial charge < -0.3 is 15.2 Å². The maximum atomic E-state index is 12.4. The number of nitrogens with one attached hydrogen (secondary N) is 1. The number of hydrogen-bond acceptors (Lipinski definition) is 3. The lowest BCUT2D eigenvalue weighted by atomic mass is 10.0. The maximum Gasteiger partial charge on any atom is 0.408 e. The highest BCUT2D eigenvalue weighted by Crippen LogP contribution is 2.19. The first kappa shape index (κ1) is 19.8. The van der Waals surface area contributed by atoms with Crippen molar-refractivity contribution in [1.82, 2.24) is 10.2 Å². The Kier molecular flexibility index (Phi) is 7.09. The van der Waals surface area contributed by atoms with Gasteiger partial charge in [0.1, 0.15) is 6.04 Å². The second-order valence-corrected chi connectivity index (χ2v) is 6.14. The monoisotopic (exact) mass is 344 g/mol. The molecule has 2 amide bonds. The molecule has 6 nitrogen and oxygen atoms in total. The van der Waals surface area contributed by atoms with Crippen LogP contribution in [0, 0.1) is 0 Å². The van der Waals surface area contributed by atoms with E-state index in [0.29, 0.717) is 0 Å². The van der Waals surface area contributed by atoms with Crippen molar-refractivity contribution in [3.8, 4) is 0 Å². The fourth-order valence-corrected chi connectivity index (χ4v) is 2.22. The van der Waals surface area contributed by atoms with Gasteiger partial charge in [-0.15, -0.1) is 0 Å². The van der Waals surface area contributed by atoms with Crippen LogP contribution in [0.15, 0.2) is 30.3 Å². The predicted molar refractivity (Wildman–Crippen MR) is 83.6 cm³/mol. The summed E-state index contributed by atoms with van der Waals surface area (Å²) in [6.07, 6.45) is -1.39. The van der Waals surface area contributed by atoms with Gasteiger partial charge in [0.05, 0.1) is 6.61 Å². The number of halogens is 2. The highest BCUT2D eigenvalue weighted by molar-refractivity contribution is 5.85. The summed E-state index contributed by atoms with van der Waals surface area (Å²) < 4.78 is 28.9. The third kappa shape index (κ3) is 6.11. The number of benzene rings is 1. The molecule has 134 valence electrons. The number of carboxylic acid groups (broad SMARTS) is 1. The zero-order valence-corrected chi connectivity index (χ0v) is 13.8. The number of carbonyl (C=O) groups is 2. The standard InChI is InChI=1S/C16H22F2N2O4/c1-16(2,3)20(15(22)23)12(10-24-14(17)18)13(21)19-9-11-7-5-4-6-8-11/h4-8,12,14H,9-10H2,1-3H3,(H,19,21)(H,22,23)/t12-/m1/s1. The molecule has 0 bridgehead atoms. The Morgan fingerprint density at radius 1 is 1.25 bits per heavy atom. The number of amides is 2. The molecule has 0 fully saturated rings. The summed E-state index contributed by atoms with van der Waals surface area (Å²) in [5.74, 6) is -0.697. The van der Waals surface area contributed by atoms with Gasteiger partial charge in [-0.1, -0.05) is 30.3 Å². The van der Waals surface area contributed by atoms with E-state index in [4.69, 9.17) is 0 Å². The van der Waals surface area contributed by atoms with Crippen LogP contribution in [0.3, 0.4) is 0 Å². The van der Waals surface area contributed by atoms with E-state index in [1.54, 1.807) is 45.0 Å². The van der Waals surface area contributed by atoms with Gasteiger partial charge in [0, 0.05) is 12.1 Å². The van der Waals surface area contributed by atoms with Crippen molar-refractivity contribution in [3.63, 3.8) is 0 Å². The third-order valence-corrected chi connectivity index (χ3v) is 3.23. The predicted octanol–water partition coefficient (Wildman–Crippen LogP) is 2.69. The molecule has 0 radical (unpaired) electrons. The van der Waals surface area contributed by atoms with Gasteiger partial charge in [0.25, 0.3) is 0 Å². The Labute approximate surface area is 139 Å². The molecule has 0 heterocycles. The minimum Gasteiger partial charge on any atom is -0.465 e. The Balaban J connectivity index is 2.90. The molecular formula is C16H22F2N2O4. The molecular weight excluding hydrogens is 322 g/mol. The molecule has 1 aromatic carbocycles. The molecule has 0 aliphatic heterocycles. The Hall–Kier alpha value is -2.22. The SMILES string of the molecule is CC(C)(C)N(C(=O)O)[C@H](COC(F)F)C(=O)NCc1ccccc1. The van der Waals surface area contributed by atoms with Crippen molar-refractivity contribution in [3.05, 3.63) is 35.9 Å². The van der Waals surface area contributed by atoms with Gasteiger partial charge in [0.15, 0.2) is 0 Å². The Bertz CT molecular complexity index is 547. The summed E-state index contributed by atoms with van der Waals surface area (Å²) in [6.45, 7) is 1.04. The lowest BCUT2D eigenvalue weighted by molar-refractivity contribution is -0.153. The van der Waals surface area contributed by atoms with Crippen LogP contribution in [-0.2, 0) is 16.1 Å². The molecule has 24 heavy (non-hydrogen) atoms. The van der Waals surface area contributed by atoms with Crippen LogP contribution in [-0.4, -0.2) is 46.8 Å². The molecule has 2 N–H and O–H groups in total. The first-order valence-corrected chi connectivity index (χ1v) is 7.36. The fourth-order valence-electron chi connectivity index (χ4n) is 2.22. The van der Waals surface area contributed by atoms with Crippen molar-refractivity contribution in [2.24, 2.45) is 0 Å². The van der Waals surface area contributed by atoms with Crippen molar-refractivity contribution in [1.29, 1.82) is 0 Å². The molecule has 0 spiro atoms. The van der Waals surface area contributed by atoms with E-state index >= 15 is 0 Å². The normalized spacial score (nSPS) is 12.8. The topological polar surface area (TPSA) is 78.9 Å². The molecule has 8 heteroatoms. The highest BCUT2D eigenvalue weighted by Gasteiger charge is 2.38. The quantitative estimate of drug-likeness (QED) is 0.797. The molecule has 0 aliphatic rings. The van der Waals surface area contributed by atoms with Crippen molar-refractivity contribution >= 4 is 12.0 Å². The van der Waals surface area contributed by atoms with Gasteiger partial charge in [-0.05, 0) is 26.3 Å². The van der Waals surface area contributed by atoms with Crippen LogP contribution >= 0.6 is 0 Å². The van der Waals surface area contributed by atoms with E-state index in [1.165, 1.54) is 0 Å². The van der Waals surface area contributed by atoms with Crippen LogP contribution in [0.2, 0.25) is 0 Å². The lowest BCUT2D eigenvalue weighted by Crippen LogP contribution is -2.58. The van der Waals surface area contributed by atoms with Crippen LogP contribution in [0.25, 0.3) is 0 Å². The van der Waals surface area contributed by atoms with Gasteiger partial charge in [-0.3, -0.25) is 9.69 Å². The number of rotatable bonds is 7. The molecule has 1 rings (SSSR count). The number of alkyl halides is 2. The van der Waals surface area contributed by atoms with Crippen LogP contribution < -0.4 is 5.32 Å². The minimum absolute atomic E-state index is 0.155. The van der Waals surface area contributed by atoms with E-state index < -0.39 is 36.8 Å². The summed E-state index contributed by atoms with van der Waals surface area (Å²) in [7, 11) is 0. The molecule has 1 atom stereocenters. The average molecular weight is 344 g/mol. The smallest absolute Gasteiger partial charge is 0.408 e. The summed E-state index contributed by atoms with van der Waals surface area (Å²) in [5, 5.41) is 11.9. The Morgan fingerprint density at radius 2 is 1.83 bits per heavy atom. The van der Waals surface area contributed by atoms with Crippen LogP contribution in [0.5, 0.6) is 0 Å². The first-order valence-electron chi connectivity index (χ1n) is 7.36. The number of carbonyl (C=O) groups excluding carboxylic acids is 1. The number of hydrogen-bond donors (Lipinski definition) is 2. The van der Waals surface area contributed by atoms with Gasteiger partial charge in [-0.25, -0.2) is 4.79 Å². The second-order valence-electron chi connectivity index (χ2n) is 6.14. The zero-order valence-electron chi connectivity index (χ0n) is 13.8. The molecule has 0 aromatic heterocycles. The van der Waals surface area contributed by atoms with E-state index in [1.807, 2.05) is 6.07 Å². The van der Waals surface area contributed by atoms with Gasteiger partial charge in [0.2, 0.25) is 5.91 Å². The van der Waals surface area contributed by atoms with Crippen molar-refractivity contribution < 1.29 is 28.2 Å². The zero-order chi connectivity index (χ0) is 18.3. The third-order valence-electron chi connectivity index (χ3n) is 3.23. The average Bonchev–Trinajstić information content (AvgIpc) is 2.48. The highest BCUT2D eigenvalue weighted by atomic mass is 19.3. The molecule has 0 aliphatic carbocycles. The van der Waals surface area contributed by atoms with Crippen LogP contribution in [0.1, 0.15) is 26.3 Å². The molecule has 0 saturated heterocycles. The van der Waals surface area contributed by atoms with Gasteiger partial charge in [-0.2, -0.15) is 8.78 Å². The largest absolute Gasteiger partial charge is 0.465 e. The van der Waals surface area contributed by atoms with Gasteiger partial charge >= 0.3 is 12.7 Å². The van der Waals surface area contributed by atoms with Crippen molar-refractivity contribution in [2.45, 2.75) is 45.5 Å². The van der Waals surface area contributed by atoms with E-state index in [2.05, 4.69) is 10.1 Å². The van der Waals surface area contributed by atoms with E-state index in [-0.39, 0.29) is 6.54 Å². The molecule has 0 saturated carbocycles. The Morgan fingerprint density at radius 3 is 2.29 bits per heavy atom. The fraction of sp³-hybridized carbons (Fsp3) is 0.500. The molecule has 0 unspecified atom stereocenters. The first-order chi connectivity index (χ1) is 11.1. The summed E-state index contributed by atoms with van der Waals surface area (Å²) in [6, 6.07) is 7.57. The number of nitrogens with zero attached hydrogens (tertiary/aromatic N) is 1. The summed E-state index contributed by atoms with van der Waals surface area (Å²) in [5.41, 5.74) is -0.163. The maximum absolute atomic E-state index is 12.4. The molecule has 1 aromatic rings. The minimum atomic E-state index is -3.09. The second kappa shape index (κ2) is 8.58. The van der Waals surface area contributed by atoms with E-state index in [0.717, 1.165) is 10.5 Å². The number of ether oxygens (including phenoxy) is 1. The summed E-state index contributed by atoms with van der Waals surface area (Å²) >= 11 is 0. The summed E-state index contributed by atoms with van der Waals surface area (Å²) in [4.78, 5) is 24.7. The van der Waals surface area contributed by atoms with E-state index in [9.17, 15) is 23.5 Å². The lowest BCUT2D eigenvalue weighted by Gasteiger charge is -2.38.